The van der Waals surface area contributed by atoms with Crippen LogP contribution in [0.15, 0.2) is 133 Å². The molecular formula is C50H58Cl2O2Si3Zr. The molecule has 0 aromatic heterocycles. The third kappa shape index (κ3) is 14.2. The third-order valence-corrected chi connectivity index (χ3v) is 13.5. The Balaban J connectivity index is 0.000000233. The van der Waals surface area contributed by atoms with Crippen molar-refractivity contribution in [1.29, 1.82) is 0 Å². The van der Waals surface area contributed by atoms with Crippen LogP contribution in [0.5, 0.6) is 11.5 Å². The van der Waals surface area contributed by atoms with E-state index in [0.29, 0.717) is 19.5 Å². The molecule has 0 amide bonds. The van der Waals surface area contributed by atoms with Crippen LogP contribution in [0.3, 0.4) is 0 Å². The van der Waals surface area contributed by atoms with Gasteiger partial charge in [-0.2, -0.15) is 11.1 Å². The van der Waals surface area contributed by atoms with Crippen LogP contribution in [0.25, 0.3) is 0 Å². The summed E-state index contributed by atoms with van der Waals surface area (Å²) >= 11 is 0. The van der Waals surface area contributed by atoms with Crippen molar-refractivity contribution in [3.05, 3.63) is 167 Å². The summed E-state index contributed by atoms with van der Waals surface area (Å²) in [5, 5.41) is 5.45. The van der Waals surface area contributed by atoms with Gasteiger partial charge in [0.1, 0.15) is 9.52 Å². The van der Waals surface area contributed by atoms with Gasteiger partial charge in [-0.1, -0.05) is 200 Å². The summed E-state index contributed by atoms with van der Waals surface area (Å²) in [5.41, 5.74) is 9.04. The van der Waals surface area contributed by atoms with Crippen LogP contribution in [0, 0.1) is 0 Å². The van der Waals surface area contributed by atoms with Gasteiger partial charge in [-0.15, -0.1) is 48.1 Å². The van der Waals surface area contributed by atoms with E-state index >= 15 is 0 Å². The van der Waals surface area contributed by atoms with Crippen LogP contribution in [-0.2, 0) is 62.7 Å². The summed E-state index contributed by atoms with van der Waals surface area (Å²) in [7, 11) is 1.56. The summed E-state index contributed by atoms with van der Waals surface area (Å²) in [4.78, 5) is 0. The molecule has 6 aromatic carbocycles. The molecule has 0 fully saturated rings. The molecule has 6 radical (unpaired) electrons. The van der Waals surface area contributed by atoms with Gasteiger partial charge in [-0.25, -0.2) is 12.1 Å². The number of fused-ring (bicyclic) bond motifs is 2. The molecule has 0 atom stereocenters. The van der Waals surface area contributed by atoms with Gasteiger partial charge in [0.15, 0.2) is 0 Å². The van der Waals surface area contributed by atoms with Gasteiger partial charge in [0.25, 0.3) is 0 Å². The summed E-state index contributed by atoms with van der Waals surface area (Å²) in [5.74, 6) is 2.23. The average Bonchev–Trinajstić information content (AvgIpc) is 3.81. The molecule has 2 aliphatic rings. The second kappa shape index (κ2) is 23.9. The Morgan fingerprint density at radius 3 is 1.17 bits per heavy atom. The van der Waals surface area contributed by atoms with Crippen LogP contribution < -0.4 is 29.6 Å². The molecule has 6 aromatic rings. The molecule has 0 N–H and O–H groups in total. The standard InChI is InChI=1S/2C19H23OSi.C12H10Si.2ClH.Zr/c2*1-19(2,3)16-10-6-7-11-18(16)21-20-17-13-12-14-8-4-5-9-15(14)17;1-3-7-11(8-4-1)13-12-9-5-2-6-10-12;;;/h2*6-7,10-13H,4-5,8-9H2,1-3H3;1-10H;2*1H;/q2*-1;;;;+2. The zero-order valence-corrected chi connectivity index (χ0v) is 42.1. The first kappa shape index (κ1) is 49.7. The van der Waals surface area contributed by atoms with E-state index < -0.39 is 0 Å². The maximum Gasteiger partial charge on any atom is 2.00 e. The molecule has 8 heteroatoms. The zero-order valence-electron chi connectivity index (χ0n) is 35.0. The van der Waals surface area contributed by atoms with Crippen LogP contribution in [0.4, 0.5) is 0 Å². The first-order valence-electron chi connectivity index (χ1n) is 20.0. The topological polar surface area (TPSA) is 18.5 Å². The predicted molar refractivity (Wildman–Crippen MR) is 252 cm³/mol. The molecular weight excluding hydrogens is 879 g/mol. The van der Waals surface area contributed by atoms with Crippen molar-refractivity contribution in [2.45, 2.75) is 104 Å². The van der Waals surface area contributed by atoms with Gasteiger partial charge in [0, 0.05) is 0 Å². The summed E-state index contributed by atoms with van der Waals surface area (Å²) in [6.07, 6.45) is 10.1. The Morgan fingerprint density at radius 1 is 0.448 bits per heavy atom. The normalized spacial score (nSPS) is 12.9. The van der Waals surface area contributed by atoms with E-state index in [-0.39, 0.29) is 61.8 Å². The zero-order chi connectivity index (χ0) is 38.7. The third-order valence-electron chi connectivity index (χ3n) is 10.3. The number of hydrogen-bond acceptors (Lipinski definition) is 2. The number of aryl methyl sites for hydroxylation is 2. The maximum atomic E-state index is 6.19. The van der Waals surface area contributed by atoms with Crippen LogP contribution in [0.2, 0.25) is 0 Å². The van der Waals surface area contributed by atoms with E-state index in [1.807, 2.05) is 0 Å². The Bertz CT molecular complexity index is 1930. The molecule has 0 saturated heterocycles. The van der Waals surface area contributed by atoms with Crippen molar-refractivity contribution in [3.63, 3.8) is 0 Å². The van der Waals surface area contributed by atoms with Crippen LogP contribution >= 0.6 is 24.8 Å². The van der Waals surface area contributed by atoms with Crippen molar-refractivity contribution in [3.8, 4) is 11.5 Å². The second-order valence-electron chi connectivity index (χ2n) is 16.7. The maximum absolute atomic E-state index is 6.19. The van der Waals surface area contributed by atoms with Crippen molar-refractivity contribution in [1.82, 2.24) is 0 Å². The monoisotopic (exact) mass is 934 g/mol. The molecule has 2 aliphatic carbocycles. The molecule has 0 aliphatic heterocycles. The molecule has 2 nitrogen and oxygen atoms in total. The fourth-order valence-electron chi connectivity index (χ4n) is 7.41. The number of hydrogen-bond donors (Lipinski definition) is 0. The minimum atomic E-state index is 0. The smallest absolute Gasteiger partial charge is 0.598 e. The minimum Gasteiger partial charge on any atom is -0.598 e. The average molecular weight is 937 g/mol. The predicted octanol–water partition coefficient (Wildman–Crippen LogP) is 9.99. The number of halogens is 2. The van der Waals surface area contributed by atoms with E-state index in [1.165, 1.54) is 105 Å². The molecule has 58 heavy (non-hydrogen) atoms. The summed E-state index contributed by atoms with van der Waals surface area (Å²) in [6.45, 7) is 13.6. The first-order valence-corrected chi connectivity index (χ1v) is 22.8. The van der Waals surface area contributed by atoms with Crippen LogP contribution in [0.1, 0.15) is 101 Å². The van der Waals surface area contributed by atoms with Crippen molar-refractivity contribution in [2.75, 3.05) is 0 Å². The summed E-state index contributed by atoms with van der Waals surface area (Å²) in [6, 6.07) is 47.3. The van der Waals surface area contributed by atoms with Crippen LogP contribution in [-0.4, -0.2) is 29.0 Å². The molecule has 0 saturated carbocycles. The van der Waals surface area contributed by atoms with Gasteiger partial charge in [-0.3, -0.25) is 0 Å². The Labute approximate surface area is 388 Å². The van der Waals surface area contributed by atoms with Gasteiger partial charge < -0.3 is 8.85 Å². The Hall–Kier alpha value is -2.71. The van der Waals surface area contributed by atoms with Crippen molar-refractivity contribution in [2.24, 2.45) is 0 Å². The Morgan fingerprint density at radius 2 is 0.793 bits per heavy atom. The molecule has 8 rings (SSSR count). The summed E-state index contributed by atoms with van der Waals surface area (Å²) < 4.78 is 12.4. The molecule has 0 heterocycles. The molecule has 300 valence electrons. The molecule has 0 spiro atoms. The number of benzene rings is 4. The van der Waals surface area contributed by atoms with E-state index in [0.717, 1.165) is 21.0 Å². The largest absolute Gasteiger partial charge is 2.00 e. The first-order chi connectivity index (χ1) is 26.6. The van der Waals surface area contributed by atoms with E-state index in [1.54, 1.807) is 0 Å². The Kier molecular flexibility index (Phi) is 20.5. The number of rotatable bonds is 8. The van der Waals surface area contributed by atoms with Gasteiger partial charge in [0.05, 0.1) is 0 Å². The molecule has 0 bridgehead atoms. The fourth-order valence-corrected chi connectivity index (χ4v) is 10.8. The molecule has 0 unspecified atom stereocenters. The SMILES string of the molecule is CC(C)(C)c1ccccc1[Si]O[c-]1ccc2c1CCCC2.CC(C)(C)c1ccccc1[Si]O[c-]1ccc2c1CCCC2.Cl.Cl.[Zr+2].c1ccc([Si]c2ccccc2)cc1. The van der Waals surface area contributed by atoms with E-state index in [4.69, 9.17) is 8.85 Å². The fraction of sp³-hybridized carbons (Fsp3) is 0.320. The van der Waals surface area contributed by atoms with E-state index in [9.17, 15) is 0 Å². The van der Waals surface area contributed by atoms with Gasteiger partial charge in [0.2, 0.25) is 0 Å². The van der Waals surface area contributed by atoms with E-state index in [2.05, 4.69) is 175 Å². The van der Waals surface area contributed by atoms with Gasteiger partial charge >= 0.3 is 45.7 Å². The van der Waals surface area contributed by atoms with Crippen molar-refractivity contribution >= 4 is 74.6 Å². The second-order valence-corrected chi connectivity index (χ2v) is 20.0. The van der Waals surface area contributed by atoms with Crippen molar-refractivity contribution < 1.29 is 35.1 Å². The quantitative estimate of drug-likeness (QED) is 0.112. The minimum absolute atomic E-state index is 0. The van der Waals surface area contributed by atoms with Gasteiger partial charge in [-0.05, 0) is 56.7 Å².